The van der Waals surface area contributed by atoms with Crippen LogP contribution in [0.3, 0.4) is 0 Å². The summed E-state index contributed by atoms with van der Waals surface area (Å²) in [5.41, 5.74) is -0.0333. The number of non-ortho nitro benzene ring substituents is 1. The highest BCUT2D eigenvalue weighted by atomic mass is 32.1. The molecule has 0 bridgehead atoms. The molecule has 1 fully saturated rings. The number of carbonyl (C=O) groups excluding carboxylic acids is 2. The van der Waals surface area contributed by atoms with Gasteiger partial charge in [-0.3, -0.25) is 14.9 Å². The second kappa shape index (κ2) is 5.72. The van der Waals surface area contributed by atoms with Gasteiger partial charge in [-0.25, -0.2) is 4.79 Å². The summed E-state index contributed by atoms with van der Waals surface area (Å²) in [4.78, 5) is 33.9. The topological polar surface area (TPSA) is 98.5 Å². The Labute approximate surface area is 129 Å². The second-order valence-corrected chi connectivity index (χ2v) is 6.09. The summed E-state index contributed by atoms with van der Waals surface area (Å²) < 4.78 is 5.70. The molecule has 1 aliphatic carbocycles. The Morgan fingerprint density at radius 2 is 2.14 bits per heavy atom. The first-order valence-electron chi connectivity index (χ1n) is 6.67. The van der Waals surface area contributed by atoms with E-state index in [0.29, 0.717) is 10.3 Å². The summed E-state index contributed by atoms with van der Waals surface area (Å²) in [6, 6.07) is 6.14. The Balaban J connectivity index is 1.67. The van der Waals surface area contributed by atoms with Crippen molar-refractivity contribution >= 4 is 39.0 Å². The number of thiophene rings is 1. The van der Waals surface area contributed by atoms with E-state index >= 15 is 0 Å². The number of nitro groups is 1. The third-order valence-electron chi connectivity index (χ3n) is 3.19. The van der Waals surface area contributed by atoms with Crippen LogP contribution in [0.2, 0.25) is 0 Å². The molecular weight excluding hydrogens is 308 g/mol. The lowest BCUT2D eigenvalue weighted by molar-refractivity contribution is -0.384. The van der Waals surface area contributed by atoms with Gasteiger partial charge in [0.15, 0.2) is 6.61 Å². The first-order chi connectivity index (χ1) is 10.5. The minimum atomic E-state index is -0.602. The molecule has 0 aliphatic heterocycles. The van der Waals surface area contributed by atoms with Crippen LogP contribution in [0.15, 0.2) is 24.3 Å². The van der Waals surface area contributed by atoms with Gasteiger partial charge < -0.3 is 10.1 Å². The smallest absolute Gasteiger partial charge is 0.348 e. The maximum absolute atomic E-state index is 11.9. The molecule has 1 amide bonds. The predicted molar refractivity (Wildman–Crippen MR) is 79.9 cm³/mol. The molecule has 22 heavy (non-hydrogen) atoms. The summed E-state index contributed by atoms with van der Waals surface area (Å²) in [6.45, 7) is -0.316. The highest BCUT2D eigenvalue weighted by Gasteiger charge is 2.24. The number of amides is 1. The van der Waals surface area contributed by atoms with Gasteiger partial charge in [-0.1, -0.05) is 0 Å². The van der Waals surface area contributed by atoms with E-state index in [4.69, 9.17) is 4.74 Å². The molecule has 1 aliphatic rings. The second-order valence-electron chi connectivity index (χ2n) is 5.01. The van der Waals surface area contributed by atoms with Crippen LogP contribution in [-0.4, -0.2) is 29.4 Å². The molecule has 0 spiro atoms. The molecule has 1 aromatic carbocycles. The van der Waals surface area contributed by atoms with Crippen molar-refractivity contribution in [2.75, 3.05) is 6.61 Å². The van der Waals surface area contributed by atoms with Crippen LogP contribution in [0.25, 0.3) is 10.1 Å². The summed E-state index contributed by atoms with van der Waals surface area (Å²) in [5, 5.41) is 14.1. The van der Waals surface area contributed by atoms with Crippen molar-refractivity contribution in [3.05, 3.63) is 39.3 Å². The fourth-order valence-electron chi connectivity index (χ4n) is 1.94. The van der Waals surface area contributed by atoms with Gasteiger partial charge in [-0.15, -0.1) is 11.3 Å². The molecule has 1 aromatic heterocycles. The first kappa shape index (κ1) is 14.5. The maximum Gasteiger partial charge on any atom is 0.348 e. The number of nitrogens with one attached hydrogen (secondary N) is 1. The zero-order chi connectivity index (χ0) is 15.7. The Morgan fingerprint density at radius 1 is 1.36 bits per heavy atom. The SMILES string of the molecule is O=C(COC(=O)c1cc2cc([N+](=O)[O-])ccc2s1)NC1CC1. The third kappa shape index (κ3) is 3.22. The van der Waals surface area contributed by atoms with Crippen LogP contribution in [-0.2, 0) is 9.53 Å². The minimum Gasteiger partial charge on any atom is -0.451 e. The van der Waals surface area contributed by atoms with Crippen LogP contribution < -0.4 is 5.32 Å². The van der Waals surface area contributed by atoms with Crippen LogP contribution in [0.5, 0.6) is 0 Å². The number of esters is 1. The molecule has 1 N–H and O–H groups in total. The van der Waals surface area contributed by atoms with Crippen molar-refractivity contribution in [1.82, 2.24) is 5.32 Å². The quantitative estimate of drug-likeness (QED) is 0.517. The highest BCUT2D eigenvalue weighted by Crippen LogP contribution is 2.29. The van der Waals surface area contributed by atoms with Crippen molar-refractivity contribution in [3.63, 3.8) is 0 Å². The molecule has 7 nitrogen and oxygen atoms in total. The first-order valence-corrected chi connectivity index (χ1v) is 7.49. The lowest BCUT2D eigenvalue weighted by atomic mass is 10.2. The number of rotatable bonds is 5. The monoisotopic (exact) mass is 320 g/mol. The Morgan fingerprint density at radius 3 is 2.82 bits per heavy atom. The maximum atomic E-state index is 11.9. The van der Waals surface area contributed by atoms with E-state index in [9.17, 15) is 19.7 Å². The van der Waals surface area contributed by atoms with Gasteiger partial charge in [0.2, 0.25) is 0 Å². The van der Waals surface area contributed by atoms with E-state index in [1.54, 1.807) is 6.07 Å². The average Bonchev–Trinajstić information content (AvgIpc) is 3.18. The summed E-state index contributed by atoms with van der Waals surface area (Å²) >= 11 is 1.17. The van der Waals surface area contributed by atoms with Crippen molar-refractivity contribution < 1.29 is 19.2 Å². The third-order valence-corrected chi connectivity index (χ3v) is 4.28. The number of carbonyl (C=O) groups is 2. The van der Waals surface area contributed by atoms with Crippen LogP contribution in [0.4, 0.5) is 5.69 Å². The summed E-state index contributed by atoms with van der Waals surface area (Å²) in [7, 11) is 0. The number of hydrogen-bond acceptors (Lipinski definition) is 6. The van der Waals surface area contributed by atoms with E-state index in [-0.39, 0.29) is 24.2 Å². The van der Waals surface area contributed by atoms with Gasteiger partial charge in [0.25, 0.3) is 11.6 Å². The number of fused-ring (bicyclic) bond motifs is 1. The Bertz CT molecular complexity index is 766. The molecule has 0 atom stereocenters. The van der Waals surface area contributed by atoms with E-state index in [1.165, 1.54) is 29.5 Å². The molecule has 114 valence electrons. The number of hydrogen-bond donors (Lipinski definition) is 1. The molecule has 0 unspecified atom stereocenters. The lowest BCUT2D eigenvalue weighted by Crippen LogP contribution is -2.30. The van der Waals surface area contributed by atoms with Gasteiger partial charge in [0.05, 0.1) is 4.92 Å². The van der Waals surface area contributed by atoms with Crippen molar-refractivity contribution in [2.24, 2.45) is 0 Å². The van der Waals surface area contributed by atoms with E-state index in [2.05, 4.69) is 5.32 Å². The zero-order valence-electron chi connectivity index (χ0n) is 11.4. The highest BCUT2D eigenvalue weighted by molar-refractivity contribution is 7.20. The molecular formula is C14H12N2O5S. The Hall–Kier alpha value is -2.48. The molecule has 2 aromatic rings. The Kier molecular flexibility index (Phi) is 3.76. The van der Waals surface area contributed by atoms with Gasteiger partial charge >= 0.3 is 5.97 Å². The molecule has 0 saturated heterocycles. The summed E-state index contributed by atoms with van der Waals surface area (Å²) in [5.74, 6) is -0.914. The minimum absolute atomic E-state index is 0.0333. The molecule has 1 heterocycles. The van der Waals surface area contributed by atoms with Gasteiger partial charge in [-0.05, 0) is 25.0 Å². The van der Waals surface area contributed by atoms with E-state index in [1.807, 2.05) is 0 Å². The van der Waals surface area contributed by atoms with Crippen molar-refractivity contribution in [2.45, 2.75) is 18.9 Å². The van der Waals surface area contributed by atoms with Crippen molar-refractivity contribution in [3.8, 4) is 0 Å². The van der Waals surface area contributed by atoms with E-state index < -0.39 is 10.9 Å². The lowest BCUT2D eigenvalue weighted by Gasteiger charge is -2.03. The predicted octanol–water partition coefficient (Wildman–Crippen LogP) is 2.24. The van der Waals surface area contributed by atoms with Crippen molar-refractivity contribution in [1.29, 1.82) is 0 Å². The van der Waals surface area contributed by atoms with Gasteiger partial charge in [-0.2, -0.15) is 0 Å². The van der Waals surface area contributed by atoms with Gasteiger partial charge in [0.1, 0.15) is 4.88 Å². The molecule has 8 heteroatoms. The largest absolute Gasteiger partial charge is 0.451 e. The molecule has 1 saturated carbocycles. The number of ether oxygens (including phenoxy) is 1. The summed E-state index contributed by atoms with van der Waals surface area (Å²) in [6.07, 6.45) is 1.93. The number of benzene rings is 1. The normalized spacial score (nSPS) is 13.8. The fraction of sp³-hybridized carbons (Fsp3) is 0.286. The zero-order valence-corrected chi connectivity index (χ0v) is 12.2. The standard InChI is InChI=1S/C14H12N2O5S/c17-13(15-9-1-2-9)7-21-14(18)12-6-8-5-10(16(19)20)3-4-11(8)22-12/h3-6,9H,1-2,7H2,(H,15,17). The van der Waals surface area contributed by atoms with E-state index in [0.717, 1.165) is 17.5 Å². The van der Waals surface area contributed by atoms with Crippen LogP contribution >= 0.6 is 11.3 Å². The fourth-order valence-corrected chi connectivity index (χ4v) is 2.88. The number of nitro benzene ring substituents is 1. The number of nitrogens with zero attached hydrogens (tertiary/aromatic N) is 1. The molecule has 0 radical (unpaired) electrons. The average molecular weight is 320 g/mol. The van der Waals surface area contributed by atoms with Crippen LogP contribution in [0, 0.1) is 10.1 Å². The van der Waals surface area contributed by atoms with Crippen LogP contribution in [0.1, 0.15) is 22.5 Å². The van der Waals surface area contributed by atoms with Gasteiger partial charge in [0, 0.05) is 28.3 Å². The molecule has 3 rings (SSSR count).